The number of amides is 1. The van der Waals surface area contributed by atoms with Gasteiger partial charge in [-0.1, -0.05) is 231 Å². The Bertz CT molecular complexity index is 705. The largest absolute Gasteiger partial charge is 0.394 e. The van der Waals surface area contributed by atoms with Crippen LogP contribution in [0.25, 0.3) is 0 Å². The van der Waals surface area contributed by atoms with Crippen LogP contribution in [0.2, 0.25) is 0 Å². The van der Waals surface area contributed by atoms with E-state index in [1.54, 1.807) is 6.08 Å². The van der Waals surface area contributed by atoms with Gasteiger partial charge in [0.05, 0.1) is 18.8 Å². The topological polar surface area (TPSA) is 69.6 Å². The minimum Gasteiger partial charge on any atom is -0.394 e. The molecule has 0 rings (SSSR count). The second-order valence-electron chi connectivity index (χ2n) is 15.1. The highest BCUT2D eigenvalue weighted by Crippen LogP contribution is 2.16. The predicted octanol–water partition coefficient (Wildman–Crippen LogP) is 13.6. The summed E-state index contributed by atoms with van der Waals surface area (Å²) in [6, 6.07) is -0.632. The Balaban J connectivity index is 3.38. The Hall–Kier alpha value is -1.13. The van der Waals surface area contributed by atoms with Crippen LogP contribution in [0, 0.1) is 0 Å². The number of rotatable bonds is 40. The normalized spacial score (nSPS) is 13.1. The molecular formula is C45H87NO3. The molecule has 0 spiro atoms. The molecule has 0 aromatic rings. The zero-order valence-corrected chi connectivity index (χ0v) is 33.2. The highest BCUT2D eigenvalue weighted by molar-refractivity contribution is 5.76. The van der Waals surface area contributed by atoms with Gasteiger partial charge < -0.3 is 15.5 Å². The molecule has 0 aromatic heterocycles. The molecule has 0 bridgehead atoms. The summed E-state index contributed by atoms with van der Waals surface area (Å²) in [6.45, 7) is 4.24. The van der Waals surface area contributed by atoms with Crippen molar-refractivity contribution in [2.75, 3.05) is 6.61 Å². The fourth-order valence-electron chi connectivity index (χ4n) is 6.77. The third kappa shape index (κ3) is 37.9. The molecule has 0 fully saturated rings. The first-order valence-corrected chi connectivity index (χ1v) is 22.1. The van der Waals surface area contributed by atoms with Crippen molar-refractivity contribution < 1.29 is 15.0 Å². The molecule has 2 atom stereocenters. The lowest BCUT2D eigenvalue weighted by Crippen LogP contribution is -2.45. The molecule has 0 saturated carbocycles. The SMILES string of the molecule is CCCC/C=C/CC/C=C/C(O)C(CO)NC(=O)CCCCCCCCCCCCCCCCCCCCCCCCCCCCCCC. The summed E-state index contributed by atoms with van der Waals surface area (Å²) in [5.74, 6) is -0.0737. The van der Waals surface area contributed by atoms with E-state index in [4.69, 9.17) is 0 Å². The van der Waals surface area contributed by atoms with Crippen molar-refractivity contribution >= 4 is 5.91 Å². The molecule has 0 saturated heterocycles. The predicted molar refractivity (Wildman–Crippen MR) is 216 cm³/mol. The molecule has 2 unspecified atom stereocenters. The summed E-state index contributed by atoms with van der Waals surface area (Å²) in [7, 11) is 0. The Kier molecular flexibility index (Phi) is 40.3. The molecule has 0 heterocycles. The standard InChI is InChI=1S/C45H87NO3/c1-3-5-7-9-11-13-14-15-16-17-18-19-20-21-22-23-24-25-26-27-28-29-30-31-32-33-35-37-39-41-45(49)46-43(42-47)44(48)40-38-36-34-12-10-8-6-4-2/h10,12,38,40,43-44,47-48H,3-9,11,13-37,39,41-42H2,1-2H3,(H,46,49)/b12-10+,40-38+. The van der Waals surface area contributed by atoms with E-state index >= 15 is 0 Å². The maximum absolute atomic E-state index is 12.3. The summed E-state index contributed by atoms with van der Waals surface area (Å²) in [6.07, 6.45) is 53.2. The first-order chi connectivity index (χ1) is 24.2. The second-order valence-corrected chi connectivity index (χ2v) is 15.1. The third-order valence-electron chi connectivity index (χ3n) is 10.2. The van der Waals surface area contributed by atoms with Crippen LogP contribution < -0.4 is 5.32 Å². The average Bonchev–Trinajstić information content (AvgIpc) is 3.10. The molecule has 1 amide bonds. The maximum atomic E-state index is 12.3. The number of unbranched alkanes of at least 4 members (excludes halogenated alkanes) is 31. The van der Waals surface area contributed by atoms with Gasteiger partial charge in [-0.25, -0.2) is 0 Å². The lowest BCUT2D eigenvalue weighted by molar-refractivity contribution is -0.123. The van der Waals surface area contributed by atoms with Gasteiger partial charge in [-0.2, -0.15) is 0 Å². The number of aliphatic hydroxyl groups is 2. The van der Waals surface area contributed by atoms with Crippen molar-refractivity contribution in [1.82, 2.24) is 5.32 Å². The molecule has 3 N–H and O–H groups in total. The Morgan fingerprint density at radius 1 is 0.469 bits per heavy atom. The smallest absolute Gasteiger partial charge is 0.220 e. The van der Waals surface area contributed by atoms with Crippen molar-refractivity contribution in [2.45, 2.75) is 251 Å². The van der Waals surface area contributed by atoms with Crippen LogP contribution in [0.3, 0.4) is 0 Å². The van der Waals surface area contributed by atoms with E-state index < -0.39 is 12.1 Å². The number of carbonyl (C=O) groups is 1. The third-order valence-corrected chi connectivity index (χ3v) is 10.2. The molecule has 290 valence electrons. The van der Waals surface area contributed by atoms with Gasteiger partial charge in [-0.3, -0.25) is 4.79 Å². The quantitative estimate of drug-likeness (QED) is 0.0443. The molecule has 0 radical (unpaired) electrons. The lowest BCUT2D eigenvalue weighted by atomic mass is 10.0. The van der Waals surface area contributed by atoms with Crippen LogP contribution in [-0.2, 0) is 4.79 Å². The lowest BCUT2D eigenvalue weighted by Gasteiger charge is -2.19. The highest BCUT2D eigenvalue weighted by Gasteiger charge is 2.17. The molecule has 0 aliphatic carbocycles. The first kappa shape index (κ1) is 47.9. The monoisotopic (exact) mass is 690 g/mol. The number of nitrogens with one attached hydrogen (secondary N) is 1. The number of hydrogen-bond donors (Lipinski definition) is 3. The molecule has 4 nitrogen and oxygen atoms in total. The van der Waals surface area contributed by atoms with Crippen molar-refractivity contribution in [3.8, 4) is 0 Å². The van der Waals surface area contributed by atoms with E-state index in [0.29, 0.717) is 6.42 Å². The summed E-state index contributed by atoms with van der Waals surface area (Å²) >= 11 is 0. The maximum Gasteiger partial charge on any atom is 0.220 e. The van der Waals surface area contributed by atoms with Crippen LogP contribution in [0.1, 0.15) is 239 Å². The van der Waals surface area contributed by atoms with E-state index in [-0.39, 0.29) is 12.5 Å². The van der Waals surface area contributed by atoms with Gasteiger partial charge in [0.25, 0.3) is 0 Å². The van der Waals surface area contributed by atoms with E-state index in [1.807, 2.05) is 6.08 Å². The van der Waals surface area contributed by atoms with E-state index in [2.05, 4.69) is 31.3 Å². The first-order valence-electron chi connectivity index (χ1n) is 22.1. The summed E-state index contributed by atoms with van der Waals surface area (Å²) in [5, 5.41) is 22.8. The van der Waals surface area contributed by atoms with Crippen molar-refractivity contribution in [2.24, 2.45) is 0 Å². The minimum absolute atomic E-state index is 0.0737. The van der Waals surface area contributed by atoms with Gasteiger partial charge in [0, 0.05) is 6.42 Å². The molecule has 0 aliphatic heterocycles. The Labute approximate surface area is 307 Å². The van der Waals surface area contributed by atoms with Gasteiger partial charge in [0.2, 0.25) is 5.91 Å². The summed E-state index contributed by atoms with van der Waals surface area (Å²) < 4.78 is 0. The second kappa shape index (κ2) is 41.3. The van der Waals surface area contributed by atoms with Crippen LogP contribution in [0.15, 0.2) is 24.3 Å². The van der Waals surface area contributed by atoms with Crippen LogP contribution in [0.5, 0.6) is 0 Å². The van der Waals surface area contributed by atoms with Crippen molar-refractivity contribution in [3.63, 3.8) is 0 Å². The molecule has 49 heavy (non-hydrogen) atoms. The molecule has 0 aromatic carbocycles. The zero-order valence-electron chi connectivity index (χ0n) is 33.2. The fraction of sp³-hybridized carbons (Fsp3) is 0.889. The van der Waals surface area contributed by atoms with E-state index in [0.717, 1.165) is 32.1 Å². The van der Waals surface area contributed by atoms with Gasteiger partial charge >= 0.3 is 0 Å². The van der Waals surface area contributed by atoms with Crippen LogP contribution >= 0.6 is 0 Å². The Morgan fingerprint density at radius 3 is 1.16 bits per heavy atom. The summed E-state index contributed by atoms with van der Waals surface area (Å²) in [5.41, 5.74) is 0. The van der Waals surface area contributed by atoms with Crippen LogP contribution in [0.4, 0.5) is 0 Å². The summed E-state index contributed by atoms with van der Waals surface area (Å²) in [4.78, 5) is 12.3. The molecule has 4 heteroatoms. The average molecular weight is 690 g/mol. The van der Waals surface area contributed by atoms with Gasteiger partial charge in [-0.15, -0.1) is 0 Å². The number of carbonyl (C=O) groups excluding carboxylic acids is 1. The van der Waals surface area contributed by atoms with Crippen molar-refractivity contribution in [3.05, 3.63) is 24.3 Å². The zero-order chi connectivity index (χ0) is 35.7. The van der Waals surface area contributed by atoms with Crippen molar-refractivity contribution in [1.29, 1.82) is 0 Å². The minimum atomic E-state index is -0.855. The molecular weight excluding hydrogens is 602 g/mol. The van der Waals surface area contributed by atoms with Crippen LogP contribution in [-0.4, -0.2) is 34.9 Å². The Morgan fingerprint density at radius 2 is 0.796 bits per heavy atom. The molecule has 0 aliphatic rings. The van der Waals surface area contributed by atoms with E-state index in [1.165, 1.54) is 186 Å². The number of allylic oxidation sites excluding steroid dienone is 3. The highest BCUT2D eigenvalue weighted by atomic mass is 16.3. The number of aliphatic hydroxyl groups excluding tert-OH is 2. The van der Waals surface area contributed by atoms with Gasteiger partial charge in [0.15, 0.2) is 0 Å². The van der Waals surface area contributed by atoms with E-state index in [9.17, 15) is 15.0 Å². The fourth-order valence-corrected chi connectivity index (χ4v) is 6.77. The van der Waals surface area contributed by atoms with Gasteiger partial charge in [-0.05, 0) is 25.7 Å². The number of hydrogen-bond acceptors (Lipinski definition) is 3. The van der Waals surface area contributed by atoms with Gasteiger partial charge in [0.1, 0.15) is 0 Å².